The molecule has 0 bridgehead atoms. The van der Waals surface area contributed by atoms with Crippen molar-refractivity contribution in [2.24, 2.45) is 0 Å². The summed E-state index contributed by atoms with van der Waals surface area (Å²) < 4.78 is 0.574. The molecule has 0 amide bonds. The van der Waals surface area contributed by atoms with E-state index in [0.717, 1.165) is 9.81 Å². The molecule has 5 heteroatoms. The van der Waals surface area contributed by atoms with Crippen LogP contribution in [-0.4, -0.2) is 11.1 Å². The first kappa shape index (κ1) is 10.2. The van der Waals surface area contributed by atoms with E-state index in [0.29, 0.717) is 4.24 Å². The third-order valence-corrected chi connectivity index (χ3v) is 4.15. The molecule has 68 valence electrons. The maximum atomic E-state index is 10.6. The number of thioether (sulfide) groups is 2. The zero-order valence-electron chi connectivity index (χ0n) is 7.12. The van der Waals surface area contributed by atoms with Gasteiger partial charge in [0.25, 0.3) is 0 Å². The Morgan fingerprint density at radius 2 is 1.85 bits per heavy atom. The molecule has 0 spiro atoms. The van der Waals surface area contributed by atoms with Gasteiger partial charge in [0.05, 0.1) is 4.24 Å². The van der Waals surface area contributed by atoms with Crippen molar-refractivity contribution in [1.29, 1.82) is 5.26 Å². The summed E-state index contributed by atoms with van der Waals surface area (Å²) in [6, 6.07) is 1.70. The number of hydrogen-bond acceptors (Lipinski definition) is 4. The number of carbonyl (C=O) groups is 1. The molecule has 0 unspecified atom stereocenters. The van der Waals surface area contributed by atoms with Gasteiger partial charge in [-0.05, 0) is 23.7 Å². The second-order valence-corrected chi connectivity index (χ2v) is 5.10. The van der Waals surface area contributed by atoms with Crippen LogP contribution in [0.4, 0.5) is 0 Å². The van der Waals surface area contributed by atoms with Gasteiger partial charge in [-0.15, -0.1) is 0 Å². The molecular formula is C8H7NO2S2. The highest BCUT2D eigenvalue weighted by Crippen LogP contribution is 2.49. The quantitative estimate of drug-likeness (QED) is 0.535. The molecule has 0 atom stereocenters. The van der Waals surface area contributed by atoms with E-state index in [2.05, 4.69) is 0 Å². The van der Waals surface area contributed by atoms with Crippen LogP contribution in [0.2, 0.25) is 0 Å². The third-order valence-electron chi connectivity index (χ3n) is 1.52. The van der Waals surface area contributed by atoms with Gasteiger partial charge in [-0.2, -0.15) is 5.26 Å². The van der Waals surface area contributed by atoms with Crippen molar-refractivity contribution >= 4 is 29.5 Å². The molecule has 1 rings (SSSR count). The first-order valence-electron chi connectivity index (χ1n) is 3.47. The van der Waals surface area contributed by atoms with Crippen molar-refractivity contribution in [3.05, 3.63) is 19.6 Å². The Labute approximate surface area is 84.5 Å². The summed E-state index contributed by atoms with van der Waals surface area (Å²) in [5.41, 5.74) is -0.161. The lowest BCUT2D eigenvalue weighted by molar-refractivity contribution is -0.132. The Balaban J connectivity index is 3.00. The number of rotatable bonds is 1. The zero-order valence-corrected chi connectivity index (χ0v) is 8.75. The number of aliphatic carboxylic acids is 1. The summed E-state index contributed by atoms with van der Waals surface area (Å²) in [4.78, 5) is 12.7. The van der Waals surface area contributed by atoms with Gasteiger partial charge >= 0.3 is 5.97 Å². The summed E-state index contributed by atoms with van der Waals surface area (Å²) >= 11 is 2.71. The molecule has 1 aliphatic heterocycles. The van der Waals surface area contributed by atoms with Gasteiger partial charge in [-0.3, -0.25) is 0 Å². The number of nitriles is 1. The smallest absolute Gasteiger partial charge is 0.348 e. The van der Waals surface area contributed by atoms with E-state index in [4.69, 9.17) is 10.4 Å². The summed E-state index contributed by atoms with van der Waals surface area (Å²) in [5.74, 6) is -1.15. The third kappa shape index (κ3) is 2.08. The first-order chi connectivity index (χ1) is 6.06. The summed E-state index contributed by atoms with van der Waals surface area (Å²) in [6.07, 6.45) is 0. The molecular weight excluding hydrogens is 206 g/mol. The van der Waals surface area contributed by atoms with Gasteiger partial charge in [0.15, 0.2) is 5.57 Å². The second-order valence-electron chi connectivity index (χ2n) is 2.40. The highest BCUT2D eigenvalue weighted by Gasteiger charge is 2.22. The van der Waals surface area contributed by atoms with E-state index in [-0.39, 0.29) is 5.57 Å². The van der Waals surface area contributed by atoms with E-state index >= 15 is 0 Å². The minimum atomic E-state index is -1.15. The Kier molecular flexibility index (Phi) is 3.07. The van der Waals surface area contributed by atoms with Crippen LogP contribution in [0.15, 0.2) is 19.6 Å². The second kappa shape index (κ2) is 3.90. The van der Waals surface area contributed by atoms with Crippen molar-refractivity contribution in [2.45, 2.75) is 13.8 Å². The van der Waals surface area contributed by atoms with Crippen molar-refractivity contribution in [1.82, 2.24) is 0 Å². The number of allylic oxidation sites excluding steroid dienone is 2. The lowest BCUT2D eigenvalue weighted by Crippen LogP contribution is -1.98. The standard InChI is InChI=1S/C8H7NO2S2/c1-4-5(2)13-8(12-4)6(3-9)7(10)11/h1-2H3,(H,10,11). The van der Waals surface area contributed by atoms with Crippen LogP contribution in [-0.2, 0) is 4.79 Å². The van der Waals surface area contributed by atoms with Gasteiger partial charge < -0.3 is 5.11 Å². The number of nitrogens with zero attached hydrogens (tertiary/aromatic N) is 1. The fraction of sp³-hybridized carbons (Fsp3) is 0.250. The van der Waals surface area contributed by atoms with E-state index in [1.54, 1.807) is 6.07 Å². The number of hydrogen-bond donors (Lipinski definition) is 1. The largest absolute Gasteiger partial charge is 0.477 e. The monoisotopic (exact) mass is 213 g/mol. The first-order valence-corrected chi connectivity index (χ1v) is 5.10. The van der Waals surface area contributed by atoms with Crippen LogP contribution in [0, 0.1) is 11.3 Å². The van der Waals surface area contributed by atoms with E-state index in [9.17, 15) is 4.79 Å². The van der Waals surface area contributed by atoms with Crippen molar-refractivity contribution in [2.75, 3.05) is 0 Å². The molecule has 0 fully saturated rings. The van der Waals surface area contributed by atoms with Crippen molar-refractivity contribution < 1.29 is 9.90 Å². The zero-order chi connectivity index (χ0) is 10.0. The molecule has 3 nitrogen and oxygen atoms in total. The van der Waals surface area contributed by atoms with E-state index in [1.807, 2.05) is 13.8 Å². The number of carboxylic acid groups (broad SMARTS) is 1. The summed E-state index contributed by atoms with van der Waals surface area (Å²) in [5, 5.41) is 17.3. The lowest BCUT2D eigenvalue weighted by Gasteiger charge is -1.95. The maximum Gasteiger partial charge on any atom is 0.348 e. The van der Waals surface area contributed by atoms with Gasteiger partial charge in [-0.1, -0.05) is 23.5 Å². The molecule has 0 saturated carbocycles. The van der Waals surface area contributed by atoms with Crippen LogP contribution in [0.25, 0.3) is 0 Å². The summed E-state index contributed by atoms with van der Waals surface area (Å²) in [6.45, 7) is 3.83. The minimum absolute atomic E-state index is 0.161. The average Bonchev–Trinajstić information content (AvgIpc) is 2.32. The molecule has 0 aromatic rings. The normalized spacial score (nSPS) is 15.9. The topological polar surface area (TPSA) is 61.1 Å². The van der Waals surface area contributed by atoms with Gasteiger partial charge in [0.1, 0.15) is 6.07 Å². The lowest BCUT2D eigenvalue weighted by atomic mass is 10.3. The Morgan fingerprint density at radius 3 is 2.15 bits per heavy atom. The molecule has 0 aromatic heterocycles. The van der Waals surface area contributed by atoms with Crippen molar-refractivity contribution in [3.8, 4) is 6.07 Å². The number of carboxylic acids is 1. The molecule has 0 aliphatic carbocycles. The highest BCUT2D eigenvalue weighted by atomic mass is 32.2. The van der Waals surface area contributed by atoms with Crippen molar-refractivity contribution in [3.63, 3.8) is 0 Å². The molecule has 0 saturated heterocycles. The molecule has 0 radical (unpaired) electrons. The van der Waals surface area contributed by atoms with Gasteiger partial charge in [0.2, 0.25) is 0 Å². The van der Waals surface area contributed by atoms with Gasteiger partial charge in [-0.25, -0.2) is 4.79 Å². The molecule has 1 N–H and O–H groups in total. The molecule has 13 heavy (non-hydrogen) atoms. The van der Waals surface area contributed by atoms with Crippen LogP contribution in [0.1, 0.15) is 13.8 Å². The fourth-order valence-electron chi connectivity index (χ4n) is 0.725. The van der Waals surface area contributed by atoms with Gasteiger partial charge in [0, 0.05) is 0 Å². The SMILES string of the molecule is CC1=C(C)SC(=C(C#N)C(=O)O)S1. The highest BCUT2D eigenvalue weighted by molar-refractivity contribution is 8.28. The van der Waals surface area contributed by atoms with E-state index in [1.165, 1.54) is 23.5 Å². The van der Waals surface area contributed by atoms with Crippen LogP contribution < -0.4 is 0 Å². The molecule has 1 heterocycles. The predicted molar refractivity (Wildman–Crippen MR) is 53.8 cm³/mol. The maximum absolute atomic E-state index is 10.6. The van der Waals surface area contributed by atoms with Crippen LogP contribution >= 0.6 is 23.5 Å². The fourth-order valence-corrected chi connectivity index (χ4v) is 3.21. The van der Waals surface area contributed by atoms with Crippen LogP contribution in [0.3, 0.4) is 0 Å². The van der Waals surface area contributed by atoms with E-state index < -0.39 is 5.97 Å². The van der Waals surface area contributed by atoms with Crippen LogP contribution in [0.5, 0.6) is 0 Å². The molecule has 1 aliphatic rings. The Bertz CT molecular complexity index is 347. The Morgan fingerprint density at radius 1 is 1.38 bits per heavy atom. The summed E-state index contributed by atoms with van der Waals surface area (Å²) in [7, 11) is 0. The predicted octanol–water partition coefficient (Wildman–Crippen LogP) is 2.54. The molecule has 0 aromatic carbocycles. The Hall–Kier alpha value is -0.860. The minimum Gasteiger partial charge on any atom is -0.477 e. The average molecular weight is 213 g/mol.